The highest BCUT2D eigenvalue weighted by Crippen LogP contribution is 2.21. The van der Waals surface area contributed by atoms with E-state index in [4.69, 9.17) is 5.11 Å². The van der Waals surface area contributed by atoms with E-state index in [-0.39, 0.29) is 5.56 Å². The second-order valence-electron chi connectivity index (χ2n) is 2.10. The number of hydrogen-bond acceptors (Lipinski definition) is 4. The van der Waals surface area contributed by atoms with E-state index in [0.29, 0.717) is 0 Å². The number of H-pyrrole nitrogens is 1. The Bertz CT molecular complexity index is 287. The van der Waals surface area contributed by atoms with E-state index in [1.54, 1.807) is 0 Å². The second kappa shape index (κ2) is 3.26. The van der Waals surface area contributed by atoms with Gasteiger partial charge in [0, 0.05) is 0 Å². The van der Waals surface area contributed by atoms with Crippen LogP contribution >= 0.6 is 0 Å². The van der Waals surface area contributed by atoms with Gasteiger partial charge in [-0.15, -0.1) is 5.10 Å². The number of nitro groups is 1. The third kappa shape index (κ3) is 1.40. The summed E-state index contributed by atoms with van der Waals surface area (Å²) in [6.07, 6.45) is -0.452. The first-order valence-corrected chi connectivity index (χ1v) is 3.08. The molecule has 1 unspecified atom stereocenters. The lowest BCUT2D eigenvalue weighted by Crippen LogP contribution is -2.01. The first-order valence-electron chi connectivity index (χ1n) is 3.08. The van der Waals surface area contributed by atoms with Gasteiger partial charge in [-0.2, -0.15) is 0 Å². The normalized spacial score (nSPS) is 12.8. The fraction of sp³-hybridized carbons (Fsp3) is 0.400. The molecule has 7 heteroatoms. The van der Waals surface area contributed by atoms with Crippen LogP contribution in [0.2, 0.25) is 0 Å². The number of aromatic nitrogens is 2. The van der Waals surface area contributed by atoms with Crippen molar-refractivity contribution in [1.29, 1.82) is 0 Å². The van der Waals surface area contributed by atoms with Gasteiger partial charge in [-0.25, -0.2) is 4.39 Å². The average molecular weight is 175 g/mol. The van der Waals surface area contributed by atoms with E-state index in [1.165, 1.54) is 0 Å². The van der Waals surface area contributed by atoms with Crippen molar-refractivity contribution in [2.45, 2.75) is 6.10 Å². The number of nitrogens with one attached hydrogen (secondary N) is 1. The van der Waals surface area contributed by atoms with Crippen LogP contribution in [-0.4, -0.2) is 26.9 Å². The molecule has 0 spiro atoms. The summed E-state index contributed by atoms with van der Waals surface area (Å²) in [5.41, 5.74) is -0.137. The largest absolute Gasteiger partial charge is 0.385 e. The zero-order chi connectivity index (χ0) is 9.14. The van der Waals surface area contributed by atoms with Crippen LogP contribution in [0.25, 0.3) is 0 Å². The smallest absolute Gasteiger partial charge is 0.348 e. The van der Waals surface area contributed by atoms with Crippen LogP contribution in [0.15, 0.2) is 6.20 Å². The highest BCUT2D eigenvalue weighted by atomic mass is 19.1. The van der Waals surface area contributed by atoms with E-state index < -0.39 is 23.5 Å². The molecule has 1 aromatic rings. The summed E-state index contributed by atoms with van der Waals surface area (Å²) in [6, 6.07) is 0. The number of rotatable bonds is 3. The number of halogens is 1. The summed E-state index contributed by atoms with van der Waals surface area (Å²) in [6.45, 7) is -1.07. The number of nitrogens with zero attached hydrogens (tertiary/aromatic N) is 2. The van der Waals surface area contributed by atoms with Crippen molar-refractivity contribution in [3.05, 3.63) is 21.9 Å². The van der Waals surface area contributed by atoms with E-state index in [9.17, 15) is 14.5 Å². The first-order chi connectivity index (χ1) is 5.66. The summed E-state index contributed by atoms with van der Waals surface area (Å²) in [7, 11) is 0. The van der Waals surface area contributed by atoms with Gasteiger partial charge in [0.05, 0.1) is 6.20 Å². The highest BCUT2D eigenvalue weighted by Gasteiger charge is 2.21. The highest BCUT2D eigenvalue weighted by molar-refractivity contribution is 5.31. The predicted molar refractivity (Wildman–Crippen MR) is 36.2 cm³/mol. The molecule has 1 heterocycles. The molecule has 0 aliphatic heterocycles. The van der Waals surface area contributed by atoms with Crippen LogP contribution < -0.4 is 0 Å². The fourth-order valence-electron chi connectivity index (χ4n) is 0.762. The minimum absolute atomic E-state index is 0.137. The van der Waals surface area contributed by atoms with Gasteiger partial charge >= 0.3 is 5.82 Å². The van der Waals surface area contributed by atoms with Crippen molar-refractivity contribution in [1.82, 2.24) is 10.2 Å². The minimum Gasteiger partial charge on any atom is -0.385 e. The Kier molecular flexibility index (Phi) is 2.34. The Morgan fingerprint density at radius 2 is 2.58 bits per heavy atom. The van der Waals surface area contributed by atoms with Gasteiger partial charge in [-0.1, -0.05) is 5.10 Å². The van der Waals surface area contributed by atoms with Crippen LogP contribution in [0.4, 0.5) is 10.2 Å². The Balaban J connectivity index is 2.98. The van der Waals surface area contributed by atoms with Crippen molar-refractivity contribution in [2.24, 2.45) is 0 Å². The van der Waals surface area contributed by atoms with Crippen molar-refractivity contribution in [3.63, 3.8) is 0 Å². The van der Waals surface area contributed by atoms with Crippen molar-refractivity contribution < 1.29 is 14.4 Å². The van der Waals surface area contributed by atoms with E-state index >= 15 is 0 Å². The summed E-state index contributed by atoms with van der Waals surface area (Å²) in [5, 5.41) is 24.5. The predicted octanol–water partition coefficient (Wildman–Crippen LogP) is 0.321. The lowest BCUT2D eigenvalue weighted by molar-refractivity contribution is -0.390. The van der Waals surface area contributed by atoms with Gasteiger partial charge in [0.2, 0.25) is 0 Å². The molecule has 0 aromatic carbocycles. The van der Waals surface area contributed by atoms with Crippen LogP contribution in [0.3, 0.4) is 0 Å². The first kappa shape index (κ1) is 8.60. The molecule has 1 aromatic heterocycles. The average Bonchev–Trinajstić information content (AvgIpc) is 2.50. The number of alkyl halides is 1. The van der Waals surface area contributed by atoms with E-state index in [0.717, 1.165) is 6.20 Å². The summed E-state index contributed by atoms with van der Waals surface area (Å²) >= 11 is 0. The summed E-state index contributed by atoms with van der Waals surface area (Å²) in [4.78, 5) is 9.44. The van der Waals surface area contributed by atoms with Gasteiger partial charge in [-0.05, 0) is 4.92 Å². The lowest BCUT2D eigenvalue weighted by Gasteiger charge is -2.00. The zero-order valence-electron chi connectivity index (χ0n) is 5.90. The molecule has 0 fully saturated rings. The molecular weight excluding hydrogens is 169 g/mol. The number of aliphatic hydroxyl groups excluding tert-OH is 1. The zero-order valence-corrected chi connectivity index (χ0v) is 5.90. The minimum atomic E-state index is -1.48. The topological polar surface area (TPSA) is 92.0 Å². The molecule has 0 saturated carbocycles. The van der Waals surface area contributed by atoms with Crippen molar-refractivity contribution >= 4 is 5.82 Å². The quantitative estimate of drug-likeness (QED) is 0.511. The maximum absolute atomic E-state index is 11.9. The van der Waals surface area contributed by atoms with Crippen LogP contribution in [0.5, 0.6) is 0 Å². The third-order valence-corrected chi connectivity index (χ3v) is 1.34. The molecular formula is C5H6FN3O3. The molecule has 0 aliphatic rings. The van der Waals surface area contributed by atoms with Gasteiger partial charge in [0.1, 0.15) is 18.3 Å². The van der Waals surface area contributed by atoms with Crippen molar-refractivity contribution in [2.75, 3.05) is 6.67 Å². The fourth-order valence-corrected chi connectivity index (χ4v) is 0.762. The van der Waals surface area contributed by atoms with Gasteiger partial charge in [-0.3, -0.25) is 0 Å². The number of hydrogen-bond donors (Lipinski definition) is 2. The molecule has 1 atom stereocenters. The summed E-state index contributed by atoms with van der Waals surface area (Å²) < 4.78 is 11.9. The Hall–Kier alpha value is -1.50. The molecule has 0 saturated heterocycles. The molecule has 0 amide bonds. The molecule has 66 valence electrons. The van der Waals surface area contributed by atoms with Gasteiger partial charge in [0.25, 0.3) is 0 Å². The van der Waals surface area contributed by atoms with Gasteiger partial charge in [0.15, 0.2) is 0 Å². The molecule has 6 nitrogen and oxygen atoms in total. The standard InChI is InChI=1S/C5H6FN3O3/c6-1-4(10)3-2-7-8-5(3)9(11)12/h2,4,10H,1H2,(H,7,8). The Labute approximate surface area is 66.2 Å². The molecule has 12 heavy (non-hydrogen) atoms. The van der Waals surface area contributed by atoms with Crippen LogP contribution in [0.1, 0.15) is 11.7 Å². The molecule has 2 N–H and O–H groups in total. The van der Waals surface area contributed by atoms with E-state index in [1.807, 2.05) is 5.10 Å². The molecule has 1 rings (SSSR count). The SMILES string of the molecule is O=[N+]([O-])c1[nH]ncc1C(O)CF. The molecule has 0 radical (unpaired) electrons. The third-order valence-electron chi connectivity index (χ3n) is 1.34. The molecule has 0 aliphatic carbocycles. The monoisotopic (exact) mass is 175 g/mol. The van der Waals surface area contributed by atoms with Gasteiger partial charge < -0.3 is 15.2 Å². The maximum Gasteiger partial charge on any atom is 0.348 e. The Morgan fingerprint density at radius 3 is 3.08 bits per heavy atom. The van der Waals surface area contributed by atoms with Crippen LogP contribution in [0, 0.1) is 10.1 Å². The number of aromatic amines is 1. The van der Waals surface area contributed by atoms with Crippen LogP contribution in [-0.2, 0) is 0 Å². The Morgan fingerprint density at radius 1 is 1.92 bits per heavy atom. The summed E-state index contributed by atoms with van der Waals surface area (Å²) in [5.74, 6) is -0.472. The van der Waals surface area contributed by atoms with E-state index in [2.05, 4.69) is 5.10 Å². The molecule has 0 bridgehead atoms. The lowest BCUT2D eigenvalue weighted by atomic mass is 10.2. The van der Waals surface area contributed by atoms with Crippen molar-refractivity contribution in [3.8, 4) is 0 Å². The number of aliphatic hydroxyl groups is 1. The maximum atomic E-state index is 11.9. The second-order valence-corrected chi connectivity index (χ2v) is 2.10.